The summed E-state index contributed by atoms with van der Waals surface area (Å²) in [4.78, 5) is 0. The van der Waals surface area contributed by atoms with Gasteiger partial charge in [0.2, 0.25) is 0 Å². The molecule has 0 fully saturated rings. The average Bonchev–Trinajstić information content (AvgIpc) is 1.62. The minimum atomic E-state index is 0. The maximum absolute atomic E-state index is 3.21. The maximum atomic E-state index is 3.21. The fourth-order valence-corrected chi connectivity index (χ4v) is 0.786. The van der Waals surface area contributed by atoms with Crippen LogP contribution < -0.4 is 0 Å². The summed E-state index contributed by atoms with van der Waals surface area (Å²) in [6, 6.07) is 0. The first-order chi connectivity index (χ1) is 4.00. The molecule has 0 aromatic heterocycles. The van der Waals surface area contributed by atoms with Gasteiger partial charge >= 0.3 is 16.5 Å². The Kier molecular flexibility index (Phi) is 6.08. The summed E-state index contributed by atoms with van der Waals surface area (Å²) >= 11 is 0. The largest absolute Gasteiger partial charge is 2.00 e. The zero-order valence-corrected chi connectivity index (χ0v) is 6.36. The molecule has 1 aliphatic carbocycles. The van der Waals surface area contributed by atoms with Gasteiger partial charge in [0.15, 0.2) is 0 Å². The molecule has 0 aromatic carbocycles. The molecule has 1 heteroatoms. The Morgan fingerprint density at radius 2 is 1.78 bits per heavy atom. The minimum absolute atomic E-state index is 0. The molecule has 9 heavy (non-hydrogen) atoms. The smallest absolute Gasteiger partial charge is 0.500 e. The van der Waals surface area contributed by atoms with Crippen LogP contribution in [-0.4, -0.2) is 0 Å². The quantitative estimate of drug-likeness (QED) is 0.294. The van der Waals surface area contributed by atoms with Crippen molar-refractivity contribution in [3.8, 4) is 0 Å². The Morgan fingerprint density at radius 1 is 1.00 bits per heavy atom. The second-order valence-corrected chi connectivity index (χ2v) is 2.00. The summed E-state index contributed by atoms with van der Waals surface area (Å²) < 4.78 is 0. The van der Waals surface area contributed by atoms with Crippen LogP contribution in [0.15, 0.2) is 18.2 Å². The molecule has 0 saturated heterocycles. The molecule has 0 amide bonds. The van der Waals surface area contributed by atoms with Gasteiger partial charge in [-0.3, -0.25) is 6.08 Å². The standard InChI is InChI=1S/C8H11.Ni/c1-2-4-6-8-7-5-3-1;/h1-2,7H,3-6H2;/q-1;+2. The van der Waals surface area contributed by atoms with E-state index in [-0.39, 0.29) is 16.5 Å². The zero-order chi connectivity index (χ0) is 5.66. The van der Waals surface area contributed by atoms with Crippen LogP contribution in [0.25, 0.3) is 0 Å². The molecule has 0 aromatic rings. The molecule has 0 N–H and O–H groups in total. The predicted octanol–water partition coefficient (Wildman–Crippen LogP) is 2.47. The molecule has 52 valence electrons. The van der Waals surface area contributed by atoms with E-state index in [1.807, 2.05) is 0 Å². The molecule has 0 radical (unpaired) electrons. The summed E-state index contributed by atoms with van der Waals surface area (Å²) in [5, 5.41) is 0. The van der Waals surface area contributed by atoms with Crippen LogP contribution in [0.2, 0.25) is 0 Å². The Morgan fingerprint density at radius 3 is 2.67 bits per heavy atom. The van der Waals surface area contributed by atoms with Crippen LogP contribution in [0.3, 0.4) is 0 Å². The molecule has 0 atom stereocenters. The molecule has 1 rings (SSSR count). The van der Waals surface area contributed by atoms with Gasteiger partial charge in [-0.2, -0.15) is 6.42 Å². The van der Waals surface area contributed by atoms with Crippen molar-refractivity contribution in [3.05, 3.63) is 24.3 Å². The average molecular weight is 166 g/mol. The van der Waals surface area contributed by atoms with Crippen molar-refractivity contribution in [1.29, 1.82) is 0 Å². The van der Waals surface area contributed by atoms with Gasteiger partial charge in [-0.05, 0) is 6.42 Å². The molecule has 0 nitrogen and oxygen atoms in total. The molecule has 0 heterocycles. The van der Waals surface area contributed by atoms with E-state index in [0.29, 0.717) is 0 Å². The first-order valence-electron chi connectivity index (χ1n) is 3.20. The summed E-state index contributed by atoms with van der Waals surface area (Å²) in [6.45, 7) is 0. The fraction of sp³-hybridized carbons (Fsp3) is 0.500. The van der Waals surface area contributed by atoms with E-state index in [2.05, 4.69) is 24.3 Å². The van der Waals surface area contributed by atoms with Crippen molar-refractivity contribution in [2.24, 2.45) is 0 Å². The van der Waals surface area contributed by atoms with Crippen LogP contribution >= 0.6 is 0 Å². The molecule has 0 spiro atoms. The molecule has 0 bridgehead atoms. The number of hydrogen-bond donors (Lipinski definition) is 0. The fourth-order valence-electron chi connectivity index (χ4n) is 0.786. The molecule has 1 aliphatic rings. The second-order valence-electron chi connectivity index (χ2n) is 2.00. The van der Waals surface area contributed by atoms with Crippen molar-refractivity contribution in [2.75, 3.05) is 0 Å². The van der Waals surface area contributed by atoms with Crippen molar-refractivity contribution in [1.82, 2.24) is 0 Å². The van der Waals surface area contributed by atoms with E-state index < -0.39 is 0 Å². The maximum Gasteiger partial charge on any atom is 2.00 e. The summed E-state index contributed by atoms with van der Waals surface area (Å²) in [5.74, 6) is 0. The van der Waals surface area contributed by atoms with Crippen molar-refractivity contribution < 1.29 is 16.5 Å². The Hall–Kier alpha value is -0.0265. The van der Waals surface area contributed by atoms with Crippen LogP contribution in [-0.2, 0) is 16.5 Å². The molecule has 0 aliphatic heterocycles. The summed E-state index contributed by atoms with van der Waals surface area (Å²) in [6.07, 6.45) is 14.5. The summed E-state index contributed by atoms with van der Waals surface area (Å²) in [5.41, 5.74) is 0. The third-order valence-corrected chi connectivity index (χ3v) is 1.24. The predicted molar refractivity (Wildman–Crippen MR) is 35.4 cm³/mol. The summed E-state index contributed by atoms with van der Waals surface area (Å²) in [7, 11) is 0. The van der Waals surface area contributed by atoms with Crippen LogP contribution in [0, 0.1) is 6.08 Å². The van der Waals surface area contributed by atoms with Crippen molar-refractivity contribution in [2.45, 2.75) is 25.7 Å². The minimum Gasteiger partial charge on any atom is -0.500 e. The van der Waals surface area contributed by atoms with E-state index in [4.69, 9.17) is 0 Å². The van der Waals surface area contributed by atoms with Gasteiger partial charge in [0.05, 0.1) is 0 Å². The van der Waals surface area contributed by atoms with Crippen LogP contribution in [0.5, 0.6) is 0 Å². The Labute approximate surface area is 67.0 Å². The topological polar surface area (TPSA) is 0 Å². The molecular weight excluding hydrogens is 155 g/mol. The van der Waals surface area contributed by atoms with Crippen LogP contribution in [0.1, 0.15) is 25.7 Å². The first kappa shape index (κ1) is 8.97. The van der Waals surface area contributed by atoms with Gasteiger partial charge < -0.3 is 6.08 Å². The van der Waals surface area contributed by atoms with E-state index >= 15 is 0 Å². The van der Waals surface area contributed by atoms with E-state index in [0.717, 1.165) is 6.42 Å². The van der Waals surface area contributed by atoms with Gasteiger partial charge in [0.1, 0.15) is 0 Å². The number of hydrogen-bond acceptors (Lipinski definition) is 0. The van der Waals surface area contributed by atoms with Gasteiger partial charge in [0, 0.05) is 0 Å². The third kappa shape index (κ3) is 4.48. The van der Waals surface area contributed by atoms with Crippen LogP contribution in [0.4, 0.5) is 0 Å². The number of allylic oxidation sites excluding steroid dienone is 4. The van der Waals surface area contributed by atoms with Gasteiger partial charge in [0.25, 0.3) is 0 Å². The molecule has 0 saturated carbocycles. The molecule has 0 unspecified atom stereocenters. The SMILES string of the molecule is [C-]1=CCCC=CCC1.[Ni+2]. The van der Waals surface area contributed by atoms with E-state index in [1.165, 1.54) is 19.3 Å². The van der Waals surface area contributed by atoms with Gasteiger partial charge in [-0.25, -0.2) is 0 Å². The van der Waals surface area contributed by atoms with Gasteiger partial charge in [-0.1, -0.05) is 25.0 Å². The second kappa shape index (κ2) is 6.10. The van der Waals surface area contributed by atoms with Crippen molar-refractivity contribution >= 4 is 0 Å². The number of rotatable bonds is 0. The van der Waals surface area contributed by atoms with Crippen molar-refractivity contribution in [3.63, 3.8) is 0 Å². The first-order valence-corrected chi connectivity index (χ1v) is 3.20. The molecular formula is C8H11Ni+. The van der Waals surface area contributed by atoms with E-state index in [9.17, 15) is 0 Å². The monoisotopic (exact) mass is 165 g/mol. The zero-order valence-electron chi connectivity index (χ0n) is 5.38. The normalized spacial score (nSPS) is 17.8. The Balaban J connectivity index is 0.000000640. The third-order valence-electron chi connectivity index (χ3n) is 1.24. The van der Waals surface area contributed by atoms with Gasteiger partial charge in [-0.15, -0.1) is 0 Å². The Bertz CT molecular complexity index is 77.1. The van der Waals surface area contributed by atoms with E-state index in [1.54, 1.807) is 0 Å².